The maximum atomic E-state index is 10.5. The number of rotatable bonds is 6. The summed E-state index contributed by atoms with van der Waals surface area (Å²) in [5, 5.41) is 11.4. The van der Waals surface area contributed by atoms with Crippen molar-refractivity contribution in [2.24, 2.45) is 0 Å². The highest BCUT2D eigenvalue weighted by atomic mass is 16.5. The summed E-state index contributed by atoms with van der Waals surface area (Å²) in [7, 11) is 3.24. The quantitative estimate of drug-likeness (QED) is 0.505. The van der Waals surface area contributed by atoms with Crippen molar-refractivity contribution in [2.45, 2.75) is 32.6 Å². The number of benzene rings is 1. The van der Waals surface area contributed by atoms with Crippen LogP contribution in [0.5, 0.6) is 5.75 Å². The minimum absolute atomic E-state index is 0.302. The van der Waals surface area contributed by atoms with Crippen LogP contribution >= 0.6 is 0 Å². The van der Waals surface area contributed by atoms with Crippen molar-refractivity contribution in [3.8, 4) is 16.9 Å². The van der Waals surface area contributed by atoms with E-state index in [1.54, 1.807) is 40.5 Å². The van der Waals surface area contributed by atoms with Gasteiger partial charge in [0.2, 0.25) is 0 Å². The summed E-state index contributed by atoms with van der Waals surface area (Å²) < 4.78 is 12.8. The second-order valence-electron chi connectivity index (χ2n) is 7.86. The molecule has 4 aromatic rings. The van der Waals surface area contributed by atoms with Gasteiger partial charge in [0.05, 0.1) is 30.3 Å². The first-order valence-electron chi connectivity index (χ1n) is 9.60. The van der Waals surface area contributed by atoms with Crippen LogP contribution in [0.4, 0.5) is 5.82 Å². The van der Waals surface area contributed by atoms with Crippen LogP contribution in [0.1, 0.15) is 19.7 Å². The predicted octanol–water partition coefficient (Wildman–Crippen LogP) is 3.15. The van der Waals surface area contributed by atoms with Crippen LogP contribution in [0, 0.1) is 0 Å². The molecule has 0 bridgehead atoms. The van der Waals surface area contributed by atoms with Crippen molar-refractivity contribution >= 4 is 27.8 Å². The standard InChI is InChI=1S/C22H25N5O3/c1-22(2,28)12-27-18(11-29-3)26-19-20(27)14-6-5-13(9-16(14)25-21(19)23)15-10-24-8-7-17(15)30-4/h5-10,28H,11-12H2,1-4H3,(H2,23,25). The van der Waals surface area contributed by atoms with Crippen LogP contribution < -0.4 is 10.5 Å². The van der Waals surface area contributed by atoms with Gasteiger partial charge in [-0.25, -0.2) is 9.97 Å². The molecular weight excluding hydrogens is 382 g/mol. The number of imidazole rings is 1. The second-order valence-corrected chi connectivity index (χ2v) is 7.86. The Morgan fingerprint density at radius 3 is 2.67 bits per heavy atom. The molecule has 3 aromatic heterocycles. The molecule has 0 amide bonds. The van der Waals surface area contributed by atoms with Gasteiger partial charge in [-0.15, -0.1) is 0 Å². The minimum Gasteiger partial charge on any atom is -0.496 e. The summed E-state index contributed by atoms with van der Waals surface area (Å²) in [5.74, 6) is 1.75. The van der Waals surface area contributed by atoms with Gasteiger partial charge < -0.3 is 24.9 Å². The van der Waals surface area contributed by atoms with Crippen molar-refractivity contribution in [1.29, 1.82) is 0 Å². The van der Waals surface area contributed by atoms with Gasteiger partial charge >= 0.3 is 0 Å². The first kappa shape index (κ1) is 20.1. The van der Waals surface area contributed by atoms with E-state index in [-0.39, 0.29) is 0 Å². The lowest BCUT2D eigenvalue weighted by atomic mass is 10.0. The molecule has 0 unspecified atom stereocenters. The van der Waals surface area contributed by atoms with E-state index in [1.807, 2.05) is 28.8 Å². The molecule has 1 aromatic carbocycles. The van der Waals surface area contributed by atoms with Crippen molar-refractivity contribution in [3.63, 3.8) is 0 Å². The summed E-state index contributed by atoms with van der Waals surface area (Å²) in [4.78, 5) is 13.5. The molecule has 30 heavy (non-hydrogen) atoms. The van der Waals surface area contributed by atoms with E-state index < -0.39 is 5.60 Å². The first-order valence-corrected chi connectivity index (χ1v) is 9.60. The summed E-state index contributed by atoms with van der Waals surface area (Å²) >= 11 is 0. The minimum atomic E-state index is -0.941. The molecule has 8 nitrogen and oxygen atoms in total. The van der Waals surface area contributed by atoms with E-state index in [1.165, 1.54) is 0 Å². The van der Waals surface area contributed by atoms with Gasteiger partial charge in [-0.2, -0.15) is 0 Å². The van der Waals surface area contributed by atoms with Crippen molar-refractivity contribution in [3.05, 3.63) is 42.5 Å². The molecule has 0 aliphatic heterocycles. The smallest absolute Gasteiger partial charge is 0.152 e. The van der Waals surface area contributed by atoms with Gasteiger partial charge in [0.25, 0.3) is 0 Å². The highest BCUT2D eigenvalue weighted by Crippen LogP contribution is 2.35. The van der Waals surface area contributed by atoms with Gasteiger partial charge in [0.1, 0.15) is 23.7 Å². The topological polar surface area (TPSA) is 108 Å². The third-order valence-corrected chi connectivity index (χ3v) is 4.91. The first-order chi connectivity index (χ1) is 14.3. The van der Waals surface area contributed by atoms with Crippen LogP contribution in [0.25, 0.3) is 33.1 Å². The number of hydrogen-bond donors (Lipinski definition) is 2. The Balaban J connectivity index is 1.99. The van der Waals surface area contributed by atoms with Crippen molar-refractivity contribution < 1.29 is 14.6 Å². The summed E-state index contributed by atoms with van der Waals surface area (Å²) in [5.41, 5.74) is 9.29. The third kappa shape index (κ3) is 3.55. The highest BCUT2D eigenvalue weighted by Gasteiger charge is 2.22. The molecular formula is C22H25N5O3. The average Bonchev–Trinajstić information content (AvgIpc) is 3.05. The Kier molecular flexibility index (Phi) is 5.05. The van der Waals surface area contributed by atoms with E-state index in [4.69, 9.17) is 15.2 Å². The number of nitrogens with zero attached hydrogens (tertiary/aromatic N) is 4. The highest BCUT2D eigenvalue weighted by molar-refractivity contribution is 6.07. The van der Waals surface area contributed by atoms with Crippen molar-refractivity contribution in [2.75, 3.05) is 20.0 Å². The molecule has 0 saturated carbocycles. The molecule has 0 spiro atoms. The fraction of sp³-hybridized carbons (Fsp3) is 0.318. The zero-order chi connectivity index (χ0) is 21.5. The van der Waals surface area contributed by atoms with Crippen molar-refractivity contribution in [1.82, 2.24) is 19.5 Å². The molecule has 3 N–H and O–H groups in total. The number of aliphatic hydroxyl groups is 1. The van der Waals surface area contributed by atoms with Crippen LogP contribution in [-0.4, -0.2) is 44.4 Å². The van der Waals surface area contributed by atoms with Gasteiger partial charge in [-0.3, -0.25) is 4.98 Å². The predicted molar refractivity (Wildman–Crippen MR) is 116 cm³/mol. The van der Waals surface area contributed by atoms with Gasteiger partial charge in [0, 0.05) is 30.5 Å². The van der Waals surface area contributed by atoms with Crippen LogP contribution in [0.3, 0.4) is 0 Å². The molecule has 156 valence electrons. The molecule has 0 radical (unpaired) electrons. The number of ether oxygens (including phenoxy) is 2. The zero-order valence-electron chi connectivity index (χ0n) is 17.5. The lowest BCUT2D eigenvalue weighted by Gasteiger charge is -2.20. The van der Waals surface area contributed by atoms with E-state index in [2.05, 4.69) is 15.0 Å². The molecule has 0 fully saturated rings. The number of hydrogen-bond acceptors (Lipinski definition) is 7. The third-order valence-electron chi connectivity index (χ3n) is 4.91. The number of fused-ring (bicyclic) bond motifs is 3. The van der Waals surface area contributed by atoms with Gasteiger partial charge in [0.15, 0.2) is 5.82 Å². The summed E-state index contributed by atoms with van der Waals surface area (Å²) in [6.07, 6.45) is 3.45. The largest absolute Gasteiger partial charge is 0.496 e. The van der Waals surface area contributed by atoms with E-state index >= 15 is 0 Å². The normalized spacial score (nSPS) is 12.0. The lowest BCUT2D eigenvalue weighted by Crippen LogP contribution is -2.27. The van der Waals surface area contributed by atoms with E-state index in [9.17, 15) is 5.11 Å². The number of methoxy groups -OCH3 is 2. The Morgan fingerprint density at radius 2 is 1.97 bits per heavy atom. The van der Waals surface area contributed by atoms with Crippen LogP contribution in [-0.2, 0) is 17.9 Å². The fourth-order valence-corrected chi connectivity index (χ4v) is 3.70. The molecule has 8 heteroatoms. The molecule has 4 rings (SSSR count). The van der Waals surface area contributed by atoms with Gasteiger partial charge in [-0.05, 0) is 31.5 Å². The SMILES string of the molecule is COCc1nc2c(N)nc3cc(-c4cnccc4OC)ccc3c2n1CC(C)(C)O. The monoisotopic (exact) mass is 407 g/mol. The van der Waals surface area contributed by atoms with Gasteiger partial charge in [-0.1, -0.05) is 12.1 Å². The summed E-state index contributed by atoms with van der Waals surface area (Å²) in [6, 6.07) is 7.77. The molecule has 0 atom stereocenters. The number of pyridine rings is 2. The Morgan fingerprint density at radius 1 is 1.17 bits per heavy atom. The number of anilines is 1. The van der Waals surface area contributed by atoms with Crippen LogP contribution in [0.2, 0.25) is 0 Å². The Hall–Kier alpha value is -3.23. The number of nitrogen functional groups attached to an aromatic ring is 1. The summed E-state index contributed by atoms with van der Waals surface area (Å²) in [6.45, 7) is 4.17. The molecule has 0 aliphatic carbocycles. The molecule has 0 aliphatic rings. The molecule has 0 saturated heterocycles. The maximum absolute atomic E-state index is 10.5. The molecule has 3 heterocycles. The Bertz CT molecular complexity index is 1230. The van der Waals surface area contributed by atoms with E-state index in [0.29, 0.717) is 30.3 Å². The second kappa shape index (κ2) is 7.55. The van der Waals surface area contributed by atoms with Crippen LogP contribution in [0.15, 0.2) is 36.7 Å². The fourth-order valence-electron chi connectivity index (χ4n) is 3.70. The maximum Gasteiger partial charge on any atom is 0.152 e. The van der Waals surface area contributed by atoms with E-state index in [0.717, 1.165) is 33.3 Å². The lowest BCUT2D eigenvalue weighted by molar-refractivity contribution is 0.0597. The zero-order valence-corrected chi connectivity index (χ0v) is 17.5. The number of nitrogens with two attached hydrogens (primary N) is 1. The number of aromatic nitrogens is 4. The Labute approximate surface area is 174 Å². The average molecular weight is 407 g/mol.